The van der Waals surface area contributed by atoms with E-state index in [4.69, 9.17) is 14.2 Å². The maximum atomic E-state index is 13.4. The van der Waals surface area contributed by atoms with Crippen molar-refractivity contribution in [3.8, 4) is 28.7 Å². The lowest BCUT2D eigenvalue weighted by molar-refractivity contribution is -0.274. The molecule has 1 aromatic carbocycles. The smallest absolute Gasteiger partial charge is 0.494 e. The molecule has 196 valence electrons. The highest BCUT2D eigenvalue weighted by molar-refractivity contribution is 6.09. The molecule has 0 radical (unpaired) electrons. The molecule has 0 saturated carbocycles. The van der Waals surface area contributed by atoms with E-state index in [0.717, 1.165) is 12.1 Å². The van der Waals surface area contributed by atoms with Gasteiger partial charge >= 0.3 is 12.3 Å². The Kier molecular flexibility index (Phi) is 8.05. The molecule has 0 aliphatic carbocycles. The largest absolute Gasteiger partial charge is 0.573 e. The molecule has 0 spiro atoms. The Morgan fingerprint density at radius 3 is 2.27 bits per heavy atom. The molecular weight excluding hydrogens is 499 g/mol. The van der Waals surface area contributed by atoms with Crippen LogP contribution in [0.3, 0.4) is 0 Å². The van der Waals surface area contributed by atoms with Gasteiger partial charge in [0.05, 0.1) is 33.2 Å². The summed E-state index contributed by atoms with van der Waals surface area (Å²) in [5.74, 6) is -2.01. The fraction of sp³-hybridized carbons (Fsp3) is 0.250. The number of benzene rings is 1. The summed E-state index contributed by atoms with van der Waals surface area (Å²) in [6.45, 7) is 3.28. The first kappa shape index (κ1) is 27.0. The van der Waals surface area contributed by atoms with Crippen LogP contribution >= 0.6 is 0 Å². The minimum absolute atomic E-state index is 0.0214. The third-order valence-corrected chi connectivity index (χ3v) is 4.94. The fourth-order valence-electron chi connectivity index (χ4n) is 3.22. The molecule has 3 rings (SSSR count). The number of amides is 1. The van der Waals surface area contributed by atoms with E-state index in [2.05, 4.69) is 24.8 Å². The van der Waals surface area contributed by atoms with Crippen molar-refractivity contribution in [3.63, 3.8) is 0 Å². The summed E-state index contributed by atoms with van der Waals surface area (Å²) in [6, 6.07) is 4.54. The first-order valence-corrected chi connectivity index (χ1v) is 10.5. The number of anilines is 1. The highest BCUT2D eigenvalue weighted by Gasteiger charge is 2.31. The first-order chi connectivity index (χ1) is 17.5. The first-order valence-electron chi connectivity index (χ1n) is 10.5. The molecule has 13 heteroatoms. The normalized spacial score (nSPS) is 10.9. The van der Waals surface area contributed by atoms with Crippen LogP contribution in [0.2, 0.25) is 0 Å². The molecule has 0 fully saturated rings. The fourth-order valence-corrected chi connectivity index (χ4v) is 3.22. The van der Waals surface area contributed by atoms with Gasteiger partial charge in [0.2, 0.25) is 0 Å². The second-order valence-electron chi connectivity index (χ2n) is 7.41. The van der Waals surface area contributed by atoms with E-state index in [9.17, 15) is 22.8 Å². The van der Waals surface area contributed by atoms with Gasteiger partial charge in [-0.15, -0.1) is 13.2 Å². The molecule has 10 nitrogen and oxygen atoms in total. The van der Waals surface area contributed by atoms with Crippen molar-refractivity contribution in [2.24, 2.45) is 0 Å². The van der Waals surface area contributed by atoms with Crippen LogP contribution in [0.5, 0.6) is 28.7 Å². The van der Waals surface area contributed by atoms with Gasteiger partial charge in [-0.3, -0.25) is 9.78 Å². The number of rotatable bonds is 8. The van der Waals surface area contributed by atoms with Crippen LogP contribution < -0.4 is 24.3 Å². The van der Waals surface area contributed by atoms with E-state index < -0.39 is 24.0 Å². The zero-order valence-electron chi connectivity index (χ0n) is 20.4. The average molecular weight is 521 g/mol. The Labute approximate surface area is 209 Å². The summed E-state index contributed by atoms with van der Waals surface area (Å²) >= 11 is 0. The zero-order valence-corrected chi connectivity index (χ0v) is 20.4. The summed E-state index contributed by atoms with van der Waals surface area (Å²) in [4.78, 5) is 33.4. The molecule has 0 unspecified atom stereocenters. The lowest BCUT2D eigenvalue weighted by Crippen LogP contribution is -2.17. The summed E-state index contributed by atoms with van der Waals surface area (Å²) in [5, 5.41) is 2.69. The van der Waals surface area contributed by atoms with E-state index in [1.54, 1.807) is 13.8 Å². The van der Waals surface area contributed by atoms with Crippen molar-refractivity contribution >= 4 is 17.6 Å². The van der Waals surface area contributed by atoms with Crippen LogP contribution in [0.1, 0.15) is 32.1 Å². The molecule has 0 bridgehead atoms. The van der Waals surface area contributed by atoms with Crippen LogP contribution in [0.15, 0.2) is 36.7 Å². The monoisotopic (exact) mass is 521 g/mol. The highest BCUT2D eigenvalue weighted by Crippen LogP contribution is 2.39. The van der Waals surface area contributed by atoms with E-state index in [-0.39, 0.29) is 39.9 Å². The second kappa shape index (κ2) is 11.0. The quantitative estimate of drug-likeness (QED) is 0.416. The number of aryl methyl sites for hydroxylation is 2. The van der Waals surface area contributed by atoms with Crippen LogP contribution in [0, 0.1) is 13.8 Å². The molecule has 3 aromatic rings. The Hall–Kier alpha value is -4.55. The van der Waals surface area contributed by atoms with E-state index >= 15 is 0 Å². The lowest BCUT2D eigenvalue weighted by Gasteiger charge is -2.18. The number of pyridine rings is 2. The molecule has 0 atom stereocenters. The number of alkyl halides is 3. The summed E-state index contributed by atoms with van der Waals surface area (Å²) < 4.78 is 62.7. The summed E-state index contributed by atoms with van der Waals surface area (Å²) in [6.07, 6.45) is -2.25. The van der Waals surface area contributed by atoms with Gasteiger partial charge in [-0.25, -0.2) is 9.78 Å². The Bertz CT molecular complexity index is 1330. The maximum Gasteiger partial charge on any atom is 0.573 e. The molecule has 37 heavy (non-hydrogen) atoms. The molecule has 0 aliphatic heterocycles. The number of nitrogens with zero attached hydrogens (tertiary/aromatic N) is 2. The Balaban J connectivity index is 2.02. The third kappa shape index (κ3) is 6.37. The van der Waals surface area contributed by atoms with Crippen molar-refractivity contribution in [2.75, 3.05) is 26.6 Å². The predicted molar refractivity (Wildman–Crippen MR) is 124 cm³/mol. The van der Waals surface area contributed by atoms with Gasteiger partial charge in [0.25, 0.3) is 5.91 Å². The minimum Gasteiger partial charge on any atom is -0.494 e. The zero-order chi connectivity index (χ0) is 27.3. The van der Waals surface area contributed by atoms with Gasteiger partial charge in [-0.1, -0.05) is 0 Å². The van der Waals surface area contributed by atoms with Crippen molar-refractivity contribution in [1.82, 2.24) is 9.97 Å². The van der Waals surface area contributed by atoms with Gasteiger partial charge in [0.15, 0.2) is 23.0 Å². The van der Waals surface area contributed by atoms with Gasteiger partial charge in [0, 0.05) is 18.0 Å². The number of carbonyl (C=O) groups is 2. The van der Waals surface area contributed by atoms with Crippen molar-refractivity contribution in [3.05, 3.63) is 59.2 Å². The third-order valence-electron chi connectivity index (χ3n) is 4.94. The number of carbonyl (C=O) groups excluding carboxylic acids is 2. The summed E-state index contributed by atoms with van der Waals surface area (Å²) in [7, 11) is 3.76. The van der Waals surface area contributed by atoms with E-state index in [1.165, 1.54) is 45.9 Å². The standard InChI is InChI=1S/C24H22F3N3O7/c1-12-10-29-16(23(32)35-5)9-15(12)30-22(31)20-19(11-28-13(2)21(20)34-4)36-17-7-6-14(8-18(17)33-3)37-24(25,26)27/h6-11H,1-5H3,(H,29,30,31). The molecule has 1 amide bonds. The number of hydrogen-bond donors (Lipinski definition) is 1. The second-order valence-corrected chi connectivity index (χ2v) is 7.41. The van der Waals surface area contributed by atoms with Gasteiger partial charge < -0.3 is 29.0 Å². The maximum absolute atomic E-state index is 13.4. The minimum atomic E-state index is -4.90. The van der Waals surface area contributed by atoms with Crippen molar-refractivity contribution < 1.29 is 46.4 Å². The number of hydrogen-bond acceptors (Lipinski definition) is 9. The number of halogens is 3. The van der Waals surface area contributed by atoms with Crippen LogP contribution in [-0.4, -0.2) is 49.5 Å². The SMILES string of the molecule is COC(=O)c1cc(NC(=O)c2c(Oc3ccc(OC(F)(F)F)cc3OC)cnc(C)c2OC)c(C)cn1. The number of methoxy groups -OCH3 is 3. The molecule has 0 saturated heterocycles. The number of ether oxygens (including phenoxy) is 5. The molecule has 2 aromatic heterocycles. The van der Waals surface area contributed by atoms with Gasteiger partial charge in [-0.2, -0.15) is 0 Å². The summed E-state index contributed by atoms with van der Waals surface area (Å²) in [5.41, 5.74) is 1.10. The average Bonchev–Trinajstić information content (AvgIpc) is 2.85. The van der Waals surface area contributed by atoms with Gasteiger partial charge in [0.1, 0.15) is 17.0 Å². The molecular formula is C24H22F3N3O7. The molecule has 1 N–H and O–H groups in total. The van der Waals surface area contributed by atoms with E-state index in [0.29, 0.717) is 11.3 Å². The van der Waals surface area contributed by atoms with Crippen LogP contribution in [0.25, 0.3) is 0 Å². The predicted octanol–water partition coefficient (Wildman–Crippen LogP) is 4.84. The van der Waals surface area contributed by atoms with Crippen molar-refractivity contribution in [2.45, 2.75) is 20.2 Å². The number of aromatic nitrogens is 2. The Morgan fingerprint density at radius 1 is 0.919 bits per heavy atom. The number of esters is 1. The van der Waals surface area contributed by atoms with Crippen LogP contribution in [-0.2, 0) is 4.74 Å². The lowest BCUT2D eigenvalue weighted by atomic mass is 10.1. The van der Waals surface area contributed by atoms with Gasteiger partial charge in [-0.05, 0) is 37.6 Å². The number of nitrogens with one attached hydrogen (secondary N) is 1. The highest BCUT2D eigenvalue weighted by atomic mass is 19.4. The van der Waals surface area contributed by atoms with E-state index in [1.807, 2.05) is 0 Å². The van der Waals surface area contributed by atoms with Crippen molar-refractivity contribution in [1.29, 1.82) is 0 Å². The molecule has 2 heterocycles. The van der Waals surface area contributed by atoms with Crippen LogP contribution in [0.4, 0.5) is 18.9 Å². The Morgan fingerprint density at radius 2 is 1.65 bits per heavy atom. The molecule has 0 aliphatic rings. The topological polar surface area (TPSA) is 118 Å².